The predicted molar refractivity (Wildman–Crippen MR) is 102 cm³/mol. The van der Waals surface area contributed by atoms with Gasteiger partial charge in [0, 0.05) is 32.7 Å². The summed E-state index contributed by atoms with van der Waals surface area (Å²) in [5.74, 6) is -3.47. The molecule has 3 rings (SSSR count). The van der Waals surface area contributed by atoms with Gasteiger partial charge < -0.3 is 15.1 Å². The molecule has 8 heteroatoms. The summed E-state index contributed by atoms with van der Waals surface area (Å²) in [4.78, 5) is 35.7. The number of amides is 1. The number of aryl methyl sites for hydroxylation is 1. The van der Waals surface area contributed by atoms with Crippen molar-refractivity contribution in [3.63, 3.8) is 0 Å². The predicted octanol–water partition coefficient (Wildman–Crippen LogP) is 2.17. The van der Waals surface area contributed by atoms with Gasteiger partial charge in [0.05, 0.1) is 4.88 Å². The van der Waals surface area contributed by atoms with E-state index in [4.69, 9.17) is 19.8 Å². The van der Waals surface area contributed by atoms with E-state index in [0.29, 0.717) is 0 Å². The maximum Gasteiger partial charge on any atom is 0.414 e. The van der Waals surface area contributed by atoms with Crippen LogP contribution in [0.3, 0.4) is 0 Å². The van der Waals surface area contributed by atoms with E-state index < -0.39 is 11.9 Å². The molecule has 1 aromatic heterocycles. The van der Waals surface area contributed by atoms with Crippen molar-refractivity contribution in [2.45, 2.75) is 13.5 Å². The quantitative estimate of drug-likeness (QED) is 0.780. The summed E-state index contributed by atoms with van der Waals surface area (Å²) in [6.45, 7) is 6.63. The molecule has 1 aliphatic rings. The van der Waals surface area contributed by atoms with Crippen LogP contribution in [-0.4, -0.2) is 64.0 Å². The maximum atomic E-state index is 12.3. The lowest BCUT2D eigenvalue weighted by molar-refractivity contribution is -0.159. The van der Waals surface area contributed by atoms with Gasteiger partial charge in [-0.2, -0.15) is 0 Å². The fourth-order valence-corrected chi connectivity index (χ4v) is 3.31. The molecule has 1 saturated heterocycles. The van der Waals surface area contributed by atoms with Gasteiger partial charge in [0.1, 0.15) is 0 Å². The number of carbonyl (C=O) groups excluding carboxylic acids is 1. The summed E-state index contributed by atoms with van der Waals surface area (Å²) in [7, 11) is 0. The molecule has 2 aromatic rings. The van der Waals surface area contributed by atoms with Crippen molar-refractivity contribution in [1.29, 1.82) is 0 Å². The van der Waals surface area contributed by atoms with Crippen LogP contribution in [0.1, 0.15) is 20.8 Å². The van der Waals surface area contributed by atoms with Crippen molar-refractivity contribution in [3.8, 4) is 0 Å². The molecule has 2 heterocycles. The Bertz CT molecular complexity index is 754. The van der Waals surface area contributed by atoms with Crippen LogP contribution < -0.4 is 0 Å². The first kappa shape index (κ1) is 20.6. The van der Waals surface area contributed by atoms with Gasteiger partial charge in [-0.05, 0) is 23.9 Å². The zero-order valence-corrected chi connectivity index (χ0v) is 15.8. The molecular formula is C19H22N2O5S. The van der Waals surface area contributed by atoms with Crippen LogP contribution in [0.2, 0.25) is 0 Å². The van der Waals surface area contributed by atoms with E-state index in [9.17, 15) is 4.79 Å². The standard InChI is InChI=1S/C17H20N2OS.C2H2O4/c1-14-4-6-15(7-5-14)13-18-8-10-19(11-9-18)17(20)16-3-2-12-21-16;3-1(4)2(5)6/h2-7,12H,8-11,13H2,1H3;(H,3,4)(H,5,6). The number of piperazine rings is 1. The lowest BCUT2D eigenvalue weighted by Crippen LogP contribution is -2.48. The molecule has 0 spiro atoms. The van der Waals surface area contributed by atoms with E-state index >= 15 is 0 Å². The summed E-state index contributed by atoms with van der Waals surface area (Å²) >= 11 is 1.52. The zero-order valence-electron chi connectivity index (χ0n) is 15.0. The lowest BCUT2D eigenvalue weighted by Gasteiger charge is -2.34. The van der Waals surface area contributed by atoms with Gasteiger partial charge in [-0.3, -0.25) is 9.69 Å². The topological polar surface area (TPSA) is 98.2 Å². The number of hydrogen-bond donors (Lipinski definition) is 2. The van der Waals surface area contributed by atoms with Gasteiger partial charge in [0.25, 0.3) is 5.91 Å². The van der Waals surface area contributed by atoms with E-state index in [1.807, 2.05) is 22.4 Å². The van der Waals surface area contributed by atoms with Crippen molar-refractivity contribution in [1.82, 2.24) is 9.80 Å². The molecule has 0 saturated carbocycles. The van der Waals surface area contributed by atoms with Gasteiger partial charge in [0.15, 0.2) is 0 Å². The Morgan fingerprint density at radius 2 is 1.56 bits per heavy atom. The summed E-state index contributed by atoms with van der Waals surface area (Å²) in [6.07, 6.45) is 0. The Balaban J connectivity index is 0.000000380. The number of carbonyl (C=O) groups is 3. The van der Waals surface area contributed by atoms with E-state index in [-0.39, 0.29) is 5.91 Å². The second kappa shape index (κ2) is 9.84. The Labute approximate surface area is 161 Å². The summed E-state index contributed by atoms with van der Waals surface area (Å²) in [5, 5.41) is 16.7. The number of aliphatic carboxylic acids is 2. The monoisotopic (exact) mass is 390 g/mol. The Kier molecular flexibility index (Phi) is 7.51. The molecule has 2 N–H and O–H groups in total. The molecule has 27 heavy (non-hydrogen) atoms. The number of carboxylic acid groups (broad SMARTS) is 2. The molecule has 0 aliphatic carbocycles. The highest BCUT2D eigenvalue weighted by molar-refractivity contribution is 7.12. The minimum atomic E-state index is -1.82. The molecule has 144 valence electrons. The van der Waals surface area contributed by atoms with Crippen molar-refractivity contribution < 1.29 is 24.6 Å². The molecule has 1 aliphatic heterocycles. The van der Waals surface area contributed by atoms with Crippen molar-refractivity contribution in [2.24, 2.45) is 0 Å². The molecule has 1 amide bonds. The Morgan fingerprint density at radius 1 is 0.963 bits per heavy atom. The molecule has 0 unspecified atom stereocenters. The average Bonchev–Trinajstić information content (AvgIpc) is 3.19. The SMILES string of the molecule is Cc1ccc(CN2CCN(C(=O)c3cccs3)CC2)cc1.O=C(O)C(=O)O. The highest BCUT2D eigenvalue weighted by Gasteiger charge is 2.22. The van der Waals surface area contributed by atoms with Crippen LogP contribution in [0.25, 0.3) is 0 Å². The first-order chi connectivity index (χ1) is 12.9. The van der Waals surface area contributed by atoms with E-state index in [2.05, 4.69) is 36.1 Å². The van der Waals surface area contributed by atoms with Crippen LogP contribution in [0.15, 0.2) is 41.8 Å². The normalized spacial score (nSPS) is 14.2. The van der Waals surface area contributed by atoms with Gasteiger partial charge in [-0.1, -0.05) is 35.9 Å². The first-order valence-electron chi connectivity index (χ1n) is 8.43. The average molecular weight is 390 g/mol. The minimum Gasteiger partial charge on any atom is -0.473 e. The van der Waals surface area contributed by atoms with Gasteiger partial charge in [-0.15, -0.1) is 11.3 Å². The van der Waals surface area contributed by atoms with Crippen LogP contribution in [0, 0.1) is 6.92 Å². The molecule has 0 bridgehead atoms. The molecule has 1 fully saturated rings. The second-order valence-corrected chi connectivity index (χ2v) is 7.09. The zero-order chi connectivity index (χ0) is 19.8. The van der Waals surface area contributed by atoms with Crippen LogP contribution >= 0.6 is 11.3 Å². The number of thiophene rings is 1. The van der Waals surface area contributed by atoms with Gasteiger partial charge in [0.2, 0.25) is 0 Å². The van der Waals surface area contributed by atoms with Crippen LogP contribution in [-0.2, 0) is 16.1 Å². The molecule has 0 atom stereocenters. The summed E-state index contributed by atoms with van der Waals surface area (Å²) < 4.78 is 0. The summed E-state index contributed by atoms with van der Waals surface area (Å²) in [5.41, 5.74) is 2.64. The van der Waals surface area contributed by atoms with Crippen molar-refractivity contribution >= 4 is 29.2 Å². The highest BCUT2D eigenvalue weighted by atomic mass is 32.1. The van der Waals surface area contributed by atoms with E-state index in [1.165, 1.54) is 22.5 Å². The second-order valence-electron chi connectivity index (χ2n) is 6.14. The minimum absolute atomic E-state index is 0.181. The summed E-state index contributed by atoms with van der Waals surface area (Å²) in [6, 6.07) is 12.5. The number of nitrogens with zero attached hydrogens (tertiary/aromatic N) is 2. The molecule has 7 nitrogen and oxygen atoms in total. The van der Waals surface area contributed by atoms with Crippen molar-refractivity contribution in [2.75, 3.05) is 26.2 Å². The Hall–Kier alpha value is -2.71. The third-order valence-corrected chi connectivity index (χ3v) is 4.96. The molecule has 1 aromatic carbocycles. The van der Waals surface area contributed by atoms with Gasteiger partial charge in [-0.25, -0.2) is 9.59 Å². The Morgan fingerprint density at radius 3 is 2.04 bits per heavy atom. The highest BCUT2D eigenvalue weighted by Crippen LogP contribution is 2.15. The van der Waals surface area contributed by atoms with E-state index in [1.54, 1.807) is 0 Å². The van der Waals surface area contributed by atoms with Gasteiger partial charge >= 0.3 is 11.9 Å². The number of hydrogen-bond acceptors (Lipinski definition) is 5. The number of rotatable bonds is 3. The largest absolute Gasteiger partial charge is 0.473 e. The molecule has 0 radical (unpaired) electrons. The fourth-order valence-electron chi connectivity index (χ4n) is 2.62. The molecular weight excluding hydrogens is 368 g/mol. The third kappa shape index (κ3) is 6.50. The van der Waals surface area contributed by atoms with E-state index in [0.717, 1.165) is 37.6 Å². The smallest absolute Gasteiger partial charge is 0.414 e. The lowest BCUT2D eigenvalue weighted by atomic mass is 10.1. The first-order valence-corrected chi connectivity index (χ1v) is 9.31. The van der Waals surface area contributed by atoms with Crippen LogP contribution in [0.5, 0.6) is 0 Å². The number of benzene rings is 1. The number of carboxylic acids is 2. The fraction of sp³-hybridized carbons (Fsp3) is 0.316. The third-order valence-electron chi connectivity index (χ3n) is 4.10. The van der Waals surface area contributed by atoms with Crippen molar-refractivity contribution in [3.05, 3.63) is 57.8 Å². The maximum absolute atomic E-state index is 12.3. The van der Waals surface area contributed by atoms with Crippen LogP contribution in [0.4, 0.5) is 0 Å².